The Balaban J connectivity index is 1.31. The number of hydrogen-bond acceptors (Lipinski definition) is 2. The largest absolute Gasteiger partial charge is 0.348 e. The average Bonchev–Trinajstić information content (AvgIpc) is 3.29. The molecule has 1 heterocycles. The van der Waals surface area contributed by atoms with Crippen molar-refractivity contribution in [2.45, 2.75) is 103 Å². The van der Waals surface area contributed by atoms with Crippen LogP contribution in [0.1, 0.15) is 108 Å². The van der Waals surface area contributed by atoms with Gasteiger partial charge < -0.3 is 4.98 Å². The molecule has 3 nitrogen and oxygen atoms in total. The summed E-state index contributed by atoms with van der Waals surface area (Å²) >= 11 is 0. The van der Waals surface area contributed by atoms with Crippen molar-refractivity contribution in [3.63, 3.8) is 0 Å². The van der Waals surface area contributed by atoms with Crippen LogP contribution in [-0.2, 0) is 11.2 Å². The number of benzene rings is 1. The minimum absolute atomic E-state index is 0.0941. The molecular formula is C26H40N2O. The summed E-state index contributed by atoms with van der Waals surface area (Å²) in [5.41, 5.74) is 1.48. The lowest BCUT2D eigenvalue weighted by Crippen LogP contribution is -2.10. The number of nitrogens with zero attached hydrogens (tertiary/aromatic N) is 1. The summed E-state index contributed by atoms with van der Waals surface area (Å²) in [4.78, 5) is 19.4. The second kappa shape index (κ2) is 15.0. The number of H-pyrrole nitrogens is 1. The van der Waals surface area contributed by atoms with Crippen molar-refractivity contribution in [1.29, 1.82) is 0 Å². The van der Waals surface area contributed by atoms with Crippen LogP contribution in [0.25, 0.3) is 0 Å². The molecule has 0 aliphatic heterocycles. The molecule has 0 aliphatic rings. The van der Waals surface area contributed by atoms with Gasteiger partial charge in [-0.2, -0.15) is 0 Å². The fourth-order valence-electron chi connectivity index (χ4n) is 3.92. The normalized spacial score (nSPS) is 12.2. The van der Waals surface area contributed by atoms with E-state index in [1.807, 2.05) is 6.92 Å². The number of aromatic amines is 1. The van der Waals surface area contributed by atoms with Crippen LogP contribution < -0.4 is 0 Å². The number of carbonyl (C=O) groups excluding carboxylic acids is 1. The van der Waals surface area contributed by atoms with Crippen molar-refractivity contribution in [1.82, 2.24) is 9.97 Å². The standard InChI is InChI=1S/C26H40N2O/c1-23(26-27-21-22-28-26)25(29)20-16-11-9-7-5-3-2-4-6-8-10-13-17-24-18-14-12-15-19-24/h12,14-15,18-19,21-23H,2-11,13,16-17,20H2,1H3,(H,27,28). The molecule has 0 bridgehead atoms. The highest BCUT2D eigenvalue weighted by Gasteiger charge is 2.16. The van der Waals surface area contributed by atoms with Crippen molar-refractivity contribution < 1.29 is 4.79 Å². The number of hydrogen-bond donors (Lipinski definition) is 1. The van der Waals surface area contributed by atoms with Crippen molar-refractivity contribution in [3.8, 4) is 0 Å². The molecule has 160 valence electrons. The molecule has 3 heteroatoms. The SMILES string of the molecule is CC(C(=O)CCCCCCCCCCCCCCc1ccccc1)c1ncc[nH]1. The molecular weight excluding hydrogens is 356 g/mol. The van der Waals surface area contributed by atoms with Crippen LogP contribution in [0.3, 0.4) is 0 Å². The number of ketones is 1. The van der Waals surface area contributed by atoms with Crippen LogP contribution >= 0.6 is 0 Å². The molecule has 1 atom stereocenters. The summed E-state index contributed by atoms with van der Waals surface area (Å²) in [5, 5.41) is 0. The third-order valence-electron chi connectivity index (χ3n) is 5.89. The predicted molar refractivity (Wildman–Crippen MR) is 122 cm³/mol. The van der Waals surface area contributed by atoms with Crippen LogP contribution in [0, 0.1) is 0 Å². The van der Waals surface area contributed by atoms with E-state index >= 15 is 0 Å². The first kappa shape index (κ1) is 23.4. The van der Waals surface area contributed by atoms with Crippen LogP contribution in [0.2, 0.25) is 0 Å². The quantitative estimate of drug-likeness (QED) is 0.283. The molecule has 0 saturated carbocycles. The Hall–Kier alpha value is -1.90. The summed E-state index contributed by atoms with van der Waals surface area (Å²) in [6.45, 7) is 1.95. The minimum atomic E-state index is -0.0941. The van der Waals surface area contributed by atoms with E-state index in [1.165, 1.54) is 82.6 Å². The summed E-state index contributed by atoms with van der Waals surface area (Å²) in [6.07, 6.45) is 21.2. The van der Waals surface area contributed by atoms with E-state index in [0.717, 1.165) is 12.2 Å². The van der Waals surface area contributed by atoms with Gasteiger partial charge in [-0.1, -0.05) is 94.5 Å². The second-order valence-corrected chi connectivity index (χ2v) is 8.39. The molecule has 0 spiro atoms. The van der Waals surface area contributed by atoms with Gasteiger partial charge in [-0.25, -0.2) is 4.98 Å². The molecule has 0 fully saturated rings. The number of unbranched alkanes of at least 4 members (excludes halogenated alkanes) is 11. The third kappa shape index (κ3) is 10.4. The van der Waals surface area contributed by atoms with Gasteiger partial charge in [0, 0.05) is 18.8 Å². The Bertz CT molecular complexity index is 636. The third-order valence-corrected chi connectivity index (χ3v) is 5.89. The summed E-state index contributed by atoms with van der Waals surface area (Å²) in [7, 11) is 0. The lowest BCUT2D eigenvalue weighted by Gasteiger charge is -2.07. The van der Waals surface area contributed by atoms with Gasteiger partial charge in [0.05, 0.1) is 5.92 Å². The number of carbonyl (C=O) groups is 1. The maximum absolute atomic E-state index is 12.2. The number of rotatable bonds is 17. The Kier molecular flexibility index (Phi) is 12.1. The Morgan fingerprint density at radius 2 is 1.38 bits per heavy atom. The van der Waals surface area contributed by atoms with Crippen molar-refractivity contribution >= 4 is 5.78 Å². The van der Waals surface area contributed by atoms with Gasteiger partial charge in [0.2, 0.25) is 0 Å². The highest BCUT2D eigenvalue weighted by Crippen LogP contribution is 2.17. The zero-order chi connectivity index (χ0) is 20.6. The van der Waals surface area contributed by atoms with Crippen molar-refractivity contribution in [2.24, 2.45) is 0 Å². The predicted octanol–water partition coefficient (Wildman–Crippen LogP) is 7.40. The molecule has 1 N–H and O–H groups in total. The van der Waals surface area contributed by atoms with E-state index in [9.17, 15) is 4.79 Å². The van der Waals surface area contributed by atoms with E-state index in [-0.39, 0.29) is 5.92 Å². The van der Waals surface area contributed by atoms with Gasteiger partial charge in [-0.05, 0) is 31.7 Å². The monoisotopic (exact) mass is 396 g/mol. The number of imidazole rings is 1. The zero-order valence-corrected chi connectivity index (χ0v) is 18.4. The molecule has 1 unspecified atom stereocenters. The molecule has 2 rings (SSSR count). The van der Waals surface area contributed by atoms with E-state index in [0.29, 0.717) is 12.2 Å². The minimum Gasteiger partial charge on any atom is -0.348 e. The van der Waals surface area contributed by atoms with Crippen LogP contribution in [0.15, 0.2) is 42.7 Å². The van der Waals surface area contributed by atoms with Gasteiger partial charge >= 0.3 is 0 Å². The van der Waals surface area contributed by atoms with E-state index in [4.69, 9.17) is 0 Å². The first-order valence-corrected chi connectivity index (χ1v) is 11.8. The molecule has 1 aromatic carbocycles. The number of aryl methyl sites for hydroxylation is 1. The molecule has 0 saturated heterocycles. The van der Waals surface area contributed by atoms with Gasteiger partial charge in [0.1, 0.15) is 11.6 Å². The molecule has 1 aromatic heterocycles. The highest BCUT2D eigenvalue weighted by molar-refractivity contribution is 5.84. The van der Waals surface area contributed by atoms with Gasteiger partial charge in [0.15, 0.2) is 0 Å². The lowest BCUT2D eigenvalue weighted by atomic mass is 9.99. The molecule has 0 radical (unpaired) electrons. The van der Waals surface area contributed by atoms with Crippen molar-refractivity contribution in [3.05, 3.63) is 54.1 Å². The van der Waals surface area contributed by atoms with E-state index in [2.05, 4.69) is 40.3 Å². The lowest BCUT2D eigenvalue weighted by molar-refractivity contribution is -0.120. The zero-order valence-electron chi connectivity index (χ0n) is 18.4. The maximum atomic E-state index is 12.2. The van der Waals surface area contributed by atoms with Crippen LogP contribution in [0.4, 0.5) is 0 Å². The topological polar surface area (TPSA) is 45.8 Å². The molecule has 0 amide bonds. The number of nitrogens with one attached hydrogen (secondary N) is 1. The Morgan fingerprint density at radius 3 is 1.93 bits per heavy atom. The fourth-order valence-corrected chi connectivity index (χ4v) is 3.92. The summed E-state index contributed by atoms with van der Waals surface area (Å²) < 4.78 is 0. The average molecular weight is 397 g/mol. The number of aromatic nitrogens is 2. The summed E-state index contributed by atoms with van der Waals surface area (Å²) in [6, 6.07) is 10.8. The van der Waals surface area contributed by atoms with Gasteiger partial charge in [-0.15, -0.1) is 0 Å². The highest BCUT2D eigenvalue weighted by atomic mass is 16.1. The maximum Gasteiger partial charge on any atom is 0.143 e. The first-order valence-electron chi connectivity index (χ1n) is 11.8. The van der Waals surface area contributed by atoms with E-state index < -0.39 is 0 Å². The summed E-state index contributed by atoms with van der Waals surface area (Å²) in [5.74, 6) is 1.01. The molecule has 2 aromatic rings. The smallest absolute Gasteiger partial charge is 0.143 e. The second-order valence-electron chi connectivity index (χ2n) is 8.39. The molecule has 0 aliphatic carbocycles. The fraction of sp³-hybridized carbons (Fsp3) is 0.615. The Labute approximate surface area is 177 Å². The number of Topliss-reactive ketones (excluding diaryl/α,β-unsaturated/α-hetero) is 1. The van der Waals surface area contributed by atoms with Gasteiger partial charge in [-0.3, -0.25) is 4.79 Å². The molecule has 29 heavy (non-hydrogen) atoms. The first-order chi connectivity index (χ1) is 14.3. The van der Waals surface area contributed by atoms with Crippen LogP contribution in [0.5, 0.6) is 0 Å². The Morgan fingerprint density at radius 1 is 0.828 bits per heavy atom. The van der Waals surface area contributed by atoms with Gasteiger partial charge in [0.25, 0.3) is 0 Å². The van der Waals surface area contributed by atoms with Crippen molar-refractivity contribution in [2.75, 3.05) is 0 Å². The van der Waals surface area contributed by atoms with E-state index in [1.54, 1.807) is 12.4 Å². The van der Waals surface area contributed by atoms with Crippen LogP contribution in [-0.4, -0.2) is 15.8 Å².